The maximum atomic E-state index is 12.7. The van der Waals surface area contributed by atoms with E-state index in [1.54, 1.807) is 14.0 Å². The van der Waals surface area contributed by atoms with Crippen LogP contribution in [0.1, 0.15) is 17.8 Å². The molecule has 180 valence electrons. The highest BCUT2D eigenvalue weighted by Gasteiger charge is 2.33. The second-order valence-corrected chi connectivity index (χ2v) is 8.29. The van der Waals surface area contributed by atoms with Gasteiger partial charge in [0.05, 0.1) is 16.9 Å². The molecule has 2 rings (SSSR count). The molecule has 0 aliphatic heterocycles. The first-order valence-electron chi connectivity index (χ1n) is 9.01. The Kier molecular flexibility index (Phi) is 7.76. The quantitative estimate of drug-likeness (QED) is 0.302. The zero-order valence-corrected chi connectivity index (χ0v) is 18.0. The van der Waals surface area contributed by atoms with Crippen LogP contribution in [0.4, 0.5) is 24.5 Å². The number of rotatable bonds is 9. The van der Waals surface area contributed by atoms with E-state index in [1.165, 1.54) is 10.8 Å². The van der Waals surface area contributed by atoms with Gasteiger partial charge in [0.1, 0.15) is 11.5 Å². The van der Waals surface area contributed by atoms with Gasteiger partial charge in [0, 0.05) is 25.9 Å². The highest BCUT2D eigenvalue weighted by molar-refractivity contribution is 7.89. The lowest BCUT2D eigenvalue weighted by Gasteiger charge is -2.10. The summed E-state index contributed by atoms with van der Waals surface area (Å²) >= 11 is 0. The molecule has 0 saturated heterocycles. The number of sulfonamides is 1. The molecule has 0 radical (unpaired) electrons. The number of esters is 1. The number of nitrogens with zero attached hydrogens (tertiary/aromatic N) is 3. The molecule has 0 saturated carbocycles. The SMILES string of the molecule is Cc1nc(S(=O)(=O)NCCC(=O)OCC(=O)Nc2ccc(C(F)(F)F)cc2[N+](=O)[O-])cn1C. The lowest BCUT2D eigenvalue weighted by Crippen LogP contribution is -2.28. The van der Waals surface area contributed by atoms with Crippen molar-refractivity contribution in [3.05, 3.63) is 45.9 Å². The number of halogens is 3. The number of amides is 1. The van der Waals surface area contributed by atoms with Crippen LogP contribution in [-0.2, 0) is 37.6 Å². The summed E-state index contributed by atoms with van der Waals surface area (Å²) in [4.78, 5) is 37.3. The fraction of sp³-hybridized carbons (Fsp3) is 0.353. The van der Waals surface area contributed by atoms with Crippen LogP contribution in [0.25, 0.3) is 0 Å². The minimum Gasteiger partial charge on any atom is -0.456 e. The van der Waals surface area contributed by atoms with Crippen molar-refractivity contribution in [1.82, 2.24) is 14.3 Å². The molecule has 2 aromatic rings. The van der Waals surface area contributed by atoms with Crippen molar-refractivity contribution in [2.75, 3.05) is 18.5 Å². The van der Waals surface area contributed by atoms with Gasteiger partial charge in [-0.25, -0.2) is 18.1 Å². The monoisotopic (exact) mass is 493 g/mol. The van der Waals surface area contributed by atoms with Gasteiger partial charge in [-0.15, -0.1) is 0 Å². The molecule has 0 aliphatic carbocycles. The van der Waals surface area contributed by atoms with Crippen LogP contribution in [0, 0.1) is 17.0 Å². The van der Waals surface area contributed by atoms with E-state index in [4.69, 9.17) is 0 Å². The van der Waals surface area contributed by atoms with Crippen molar-refractivity contribution >= 4 is 33.3 Å². The molecule has 2 N–H and O–H groups in total. The Morgan fingerprint density at radius 1 is 1.30 bits per heavy atom. The highest BCUT2D eigenvalue weighted by Crippen LogP contribution is 2.34. The van der Waals surface area contributed by atoms with E-state index < -0.39 is 63.0 Å². The smallest absolute Gasteiger partial charge is 0.416 e. The number of nitro groups is 1. The van der Waals surface area contributed by atoms with Crippen LogP contribution in [0.2, 0.25) is 0 Å². The van der Waals surface area contributed by atoms with Crippen LogP contribution >= 0.6 is 0 Å². The maximum Gasteiger partial charge on any atom is 0.416 e. The van der Waals surface area contributed by atoms with E-state index in [0.29, 0.717) is 18.0 Å². The molecule has 33 heavy (non-hydrogen) atoms. The summed E-state index contributed by atoms with van der Waals surface area (Å²) < 4.78 is 70.6. The van der Waals surface area contributed by atoms with Gasteiger partial charge in [-0.05, 0) is 19.1 Å². The Morgan fingerprint density at radius 2 is 1.97 bits per heavy atom. The van der Waals surface area contributed by atoms with Crippen LogP contribution in [0.15, 0.2) is 29.4 Å². The summed E-state index contributed by atoms with van der Waals surface area (Å²) in [5, 5.41) is 12.8. The number of benzene rings is 1. The molecule has 0 spiro atoms. The third-order valence-electron chi connectivity index (χ3n) is 4.14. The number of carbonyl (C=O) groups is 2. The van der Waals surface area contributed by atoms with Crippen LogP contribution in [0.3, 0.4) is 0 Å². The number of imidazole rings is 1. The fourth-order valence-corrected chi connectivity index (χ4v) is 3.45. The molecule has 1 aromatic carbocycles. The molecule has 0 unspecified atom stereocenters. The Bertz CT molecular complexity index is 1160. The molecule has 0 bridgehead atoms. The largest absolute Gasteiger partial charge is 0.456 e. The molecule has 12 nitrogen and oxygen atoms in total. The number of anilines is 1. The van der Waals surface area contributed by atoms with Gasteiger partial charge in [-0.1, -0.05) is 0 Å². The number of alkyl halides is 3. The highest BCUT2D eigenvalue weighted by atomic mass is 32.2. The van der Waals surface area contributed by atoms with E-state index in [0.717, 1.165) is 0 Å². The predicted molar refractivity (Wildman–Crippen MR) is 105 cm³/mol. The van der Waals surface area contributed by atoms with Gasteiger partial charge in [0.15, 0.2) is 11.6 Å². The number of aromatic nitrogens is 2. The third kappa shape index (κ3) is 6.98. The number of hydrogen-bond acceptors (Lipinski definition) is 8. The third-order valence-corrected chi connectivity index (χ3v) is 5.47. The number of carbonyl (C=O) groups excluding carboxylic acids is 2. The van der Waals surface area contributed by atoms with Gasteiger partial charge in [-0.2, -0.15) is 13.2 Å². The van der Waals surface area contributed by atoms with E-state index >= 15 is 0 Å². The fourth-order valence-electron chi connectivity index (χ4n) is 2.39. The average molecular weight is 493 g/mol. The molecule has 0 atom stereocenters. The lowest BCUT2D eigenvalue weighted by molar-refractivity contribution is -0.384. The van der Waals surface area contributed by atoms with E-state index in [2.05, 4.69) is 14.4 Å². The van der Waals surface area contributed by atoms with Gasteiger partial charge < -0.3 is 14.6 Å². The van der Waals surface area contributed by atoms with Gasteiger partial charge >= 0.3 is 12.1 Å². The Morgan fingerprint density at radius 3 is 2.52 bits per heavy atom. The van der Waals surface area contributed by atoms with Crippen molar-refractivity contribution in [3.63, 3.8) is 0 Å². The molecule has 1 amide bonds. The first kappa shape index (κ1) is 25.7. The second kappa shape index (κ2) is 9.95. The van der Waals surface area contributed by atoms with E-state index in [1.807, 2.05) is 5.32 Å². The van der Waals surface area contributed by atoms with Crippen molar-refractivity contribution < 1.29 is 40.8 Å². The molecule has 0 fully saturated rings. The minimum absolute atomic E-state index is 0.242. The minimum atomic E-state index is -4.82. The first-order chi connectivity index (χ1) is 15.2. The van der Waals surface area contributed by atoms with Gasteiger partial charge in [0.25, 0.3) is 21.6 Å². The topological polar surface area (TPSA) is 163 Å². The molecule has 0 aliphatic rings. The summed E-state index contributed by atoms with van der Waals surface area (Å²) in [5.41, 5.74) is -2.79. The van der Waals surface area contributed by atoms with Gasteiger partial charge in [0.2, 0.25) is 0 Å². The Balaban J connectivity index is 1.87. The van der Waals surface area contributed by atoms with Crippen LogP contribution in [0.5, 0.6) is 0 Å². The van der Waals surface area contributed by atoms with Crippen molar-refractivity contribution in [2.45, 2.75) is 24.5 Å². The predicted octanol–water partition coefficient (Wildman–Crippen LogP) is 1.51. The van der Waals surface area contributed by atoms with Crippen molar-refractivity contribution in [2.24, 2.45) is 7.05 Å². The van der Waals surface area contributed by atoms with Crippen molar-refractivity contribution in [1.29, 1.82) is 0 Å². The van der Waals surface area contributed by atoms with E-state index in [9.17, 15) is 41.3 Å². The first-order valence-corrected chi connectivity index (χ1v) is 10.5. The lowest BCUT2D eigenvalue weighted by atomic mass is 10.1. The number of nitrogens with one attached hydrogen (secondary N) is 2. The number of hydrogen-bond donors (Lipinski definition) is 2. The Hall–Kier alpha value is -3.53. The van der Waals surface area contributed by atoms with Crippen LogP contribution in [-0.4, -0.2) is 47.9 Å². The number of ether oxygens (including phenoxy) is 1. The van der Waals surface area contributed by atoms with Crippen molar-refractivity contribution in [3.8, 4) is 0 Å². The summed E-state index contributed by atoms with van der Waals surface area (Å²) in [6.07, 6.45) is -3.99. The maximum absolute atomic E-state index is 12.7. The van der Waals surface area contributed by atoms with E-state index in [-0.39, 0.29) is 17.6 Å². The zero-order valence-electron chi connectivity index (χ0n) is 17.2. The molecule has 1 aromatic heterocycles. The zero-order chi connectivity index (χ0) is 25.0. The Labute approximate surface area is 184 Å². The summed E-state index contributed by atoms with van der Waals surface area (Å²) in [6.45, 7) is 0.340. The molecule has 16 heteroatoms. The number of aryl methyl sites for hydroxylation is 2. The average Bonchev–Trinajstić information content (AvgIpc) is 3.05. The summed E-state index contributed by atoms with van der Waals surface area (Å²) in [6, 6.07) is 1.51. The normalized spacial score (nSPS) is 11.8. The number of nitro benzene ring substituents is 1. The van der Waals surface area contributed by atoms with Gasteiger partial charge in [-0.3, -0.25) is 19.7 Å². The summed E-state index contributed by atoms with van der Waals surface area (Å²) in [7, 11) is -2.37. The summed E-state index contributed by atoms with van der Waals surface area (Å²) in [5.74, 6) is -1.56. The molecule has 1 heterocycles. The second-order valence-electron chi connectivity index (χ2n) is 6.58. The standard InChI is InChI=1S/C17H18F3N5O7S/c1-10-22-15(8-24(10)2)33(30,31)21-6-5-16(27)32-9-14(26)23-12-4-3-11(17(18,19)20)7-13(12)25(28)29/h3-4,7-8,21H,5-6,9H2,1-2H3,(H,23,26). The van der Waals surface area contributed by atoms with Crippen LogP contribution < -0.4 is 10.0 Å². The molecular weight excluding hydrogens is 475 g/mol. The molecular formula is C17H18F3N5O7S.